The van der Waals surface area contributed by atoms with Gasteiger partial charge in [0, 0.05) is 31.2 Å². The number of pyridine rings is 1. The third kappa shape index (κ3) is 4.18. The van der Waals surface area contributed by atoms with Gasteiger partial charge in [0.2, 0.25) is 0 Å². The first-order chi connectivity index (χ1) is 10.8. The zero-order valence-corrected chi connectivity index (χ0v) is 13.0. The van der Waals surface area contributed by atoms with E-state index in [1.807, 2.05) is 30.3 Å². The number of benzene rings is 1. The summed E-state index contributed by atoms with van der Waals surface area (Å²) in [5.74, 6) is 0. The van der Waals surface area contributed by atoms with E-state index < -0.39 is 0 Å². The normalized spacial score (nSPS) is 10.6. The fraction of sp³-hybridized carbons (Fsp3) is 0.412. The first-order valence-corrected chi connectivity index (χ1v) is 7.72. The molecule has 1 heterocycles. The van der Waals surface area contributed by atoms with E-state index in [0.29, 0.717) is 19.6 Å². The lowest BCUT2D eigenvalue weighted by molar-refractivity contribution is 0.176. The SMILES string of the molecule is CCCCN(CCO)C(=O)NCc1cccc2cccnc12. The summed E-state index contributed by atoms with van der Waals surface area (Å²) in [5, 5.41) is 13.1. The second-order valence-corrected chi connectivity index (χ2v) is 5.22. The zero-order valence-electron chi connectivity index (χ0n) is 13.0. The molecule has 0 aliphatic rings. The van der Waals surface area contributed by atoms with Crippen LogP contribution in [-0.2, 0) is 6.54 Å². The topological polar surface area (TPSA) is 65.5 Å². The molecule has 118 valence electrons. The van der Waals surface area contributed by atoms with Gasteiger partial charge in [0.25, 0.3) is 0 Å². The van der Waals surface area contributed by atoms with Gasteiger partial charge in [-0.1, -0.05) is 37.6 Å². The number of fused-ring (bicyclic) bond motifs is 1. The quantitative estimate of drug-likeness (QED) is 0.826. The summed E-state index contributed by atoms with van der Waals surface area (Å²) in [6.07, 6.45) is 3.71. The van der Waals surface area contributed by atoms with Crippen molar-refractivity contribution in [2.45, 2.75) is 26.3 Å². The van der Waals surface area contributed by atoms with Crippen molar-refractivity contribution in [3.8, 4) is 0 Å². The molecule has 0 saturated heterocycles. The van der Waals surface area contributed by atoms with Gasteiger partial charge in [-0.25, -0.2) is 4.79 Å². The van der Waals surface area contributed by atoms with Crippen molar-refractivity contribution in [2.75, 3.05) is 19.7 Å². The minimum Gasteiger partial charge on any atom is -0.395 e. The van der Waals surface area contributed by atoms with Gasteiger partial charge >= 0.3 is 6.03 Å². The Kier molecular flexibility index (Phi) is 6.15. The van der Waals surface area contributed by atoms with E-state index in [4.69, 9.17) is 5.11 Å². The van der Waals surface area contributed by atoms with E-state index >= 15 is 0 Å². The smallest absolute Gasteiger partial charge is 0.317 e. The number of carbonyl (C=O) groups excluding carboxylic acids is 1. The molecule has 0 bridgehead atoms. The molecule has 5 nitrogen and oxygen atoms in total. The molecule has 0 radical (unpaired) electrons. The van der Waals surface area contributed by atoms with Gasteiger partial charge < -0.3 is 15.3 Å². The van der Waals surface area contributed by atoms with Crippen LogP contribution >= 0.6 is 0 Å². The number of aromatic nitrogens is 1. The van der Waals surface area contributed by atoms with Crippen molar-refractivity contribution in [2.24, 2.45) is 0 Å². The largest absolute Gasteiger partial charge is 0.395 e. The number of nitrogens with zero attached hydrogens (tertiary/aromatic N) is 2. The van der Waals surface area contributed by atoms with Gasteiger partial charge in [-0.2, -0.15) is 0 Å². The van der Waals surface area contributed by atoms with Gasteiger partial charge in [0.05, 0.1) is 12.1 Å². The number of aliphatic hydroxyl groups is 1. The van der Waals surface area contributed by atoms with Gasteiger partial charge in [-0.05, 0) is 18.1 Å². The Hall–Kier alpha value is -2.14. The summed E-state index contributed by atoms with van der Waals surface area (Å²) in [6, 6.07) is 9.71. The molecular formula is C17H23N3O2. The number of urea groups is 1. The zero-order chi connectivity index (χ0) is 15.8. The first kappa shape index (κ1) is 16.2. The molecule has 1 aromatic heterocycles. The Morgan fingerprint density at radius 1 is 1.27 bits per heavy atom. The van der Waals surface area contributed by atoms with Crippen LogP contribution < -0.4 is 5.32 Å². The van der Waals surface area contributed by atoms with Crippen LogP contribution in [0, 0.1) is 0 Å². The van der Waals surface area contributed by atoms with Crippen molar-refractivity contribution in [3.05, 3.63) is 42.1 Å². The number of para-hydroxylation sites is 1. The van der Waals surface area contributed by atoms with Crippen LogP contribution in [0.15, 0.2) is 36.5 Å². The third-order valence-electron chi connectivity index (χ3n) is 3.59. The minimum absolute atomic E-state index is 0.0209. The van der Waals surface area contributed by atoms with Crippen molar-refractivity contribution < 1.29 is 9.90 Å². The molecule has 0 fully saturated rings. The van der Waals surface area contributed by atoms with E-state index in [-0.39, 0.29) is 12.6 Å². The third-order valence-corrected chi connectivity index (χ3v) is 3.59. The van der Waals surface area contributed by atoms with Gasteiger partial charge in [0.15, 0.2) is 0 Å². The van der Waals surface area contributed by atoms with Crippen molar-refractivity contribution in [3.63, 3.8) is 0 Å². The molecule has 0 aliphatic heterocycles. The van der Waals surface area contributed by atoms with Crippen molar-refractivity contribution >= 4 is 16.9 Å². The van der Waals surface area contributed by atoms with Crippen LogP contribution in [0.1, 0.15) is 25.3 Å². The lowest BCUT2D eigenvalue weighted by Gasteiger charge is -2.22. The maximum Gasteiger partial charge on any atom is 0.317 e. The summed E-state index contributed by atoms with van der Waals surface area (Å²) in [6.45, 7) is 3.52. The number of amides is 2. The predicted octanol–water partition coefficient (Wildman–Crippen LogP) is 2.54. The molecule has 5 heteroatoms. The predicted molar refractivity (Wildman–Crippen MR) is 87.5 cm³/mol. The van der Waals surface area contributed by atoms with E-state index in [2.05, 4.69) is 17.2 Å². The van der Waals surface area contributed by atoms with Crippen LogP contribution in [0.3, 0.4) is 0 Å². The van der Waals surface area contributed by atoms with Crippen molar-refractivity contribution in [1.82, 2.24) is 15.2 Å². The average Bonchev–Trinajstić information content (AvgIpc) is 2.56. The fourth-order valence-electron chi connectivity index (χ4n) is 2.38. The molecule has 2 rings (SSSR count). The maximum atomic E-state index is 12.2. The van der Waals surface area contributed by atoms with E-state index in [9.17, 15) is 4.79 Å². The standard InChI is InChI=1S/C17H23N3O2/c1-2-3-10-20(11-12-21)17(22)19-13-15-7-4-6-14-8-5-9-18-16(14)15/h4-9,21H,2-3,10-13H2,1H3,(H,19,22). The lowest BCUT2D eigenvalue weighted by atomic mass is 10.1. The molecule has 0 spiro atoms. The molecule has 0 saturated carbocycles. The van der Waals surface area contributed by atoms with E-state index in [1.54, 1.807) is 11.1 Å². The first-order valence-electron chi connectivity index (χ1n) is 7.72. The van der Waals surface area contributed by atoms with E-state index in [1.165, 1.54) is 0 Å². The summed E-state index contributed by atoms with van der Waals surface area (Å²) in [7, 11) is 0. The number of hydrogen-bond donors (Lipinski definition) is 2. The van der Waals surface area contributed by atoms with Crippen LogP contribution in [0.4, 0.5) is 4.79 Å². The van der Waals surface area contributed by atoms with E-state index in [0.717, 1.165) is 29.3 Å². The number of hydrogen-bond acceptors (Lipinski definition) is 3. The number of rotatable bonds is 7. The second kappa shape index (κ2) is 8.34. The molecule has 2 aromatic rings. The van der Waals surface area contributed by atoms with Crippen molar-refractivity contribution in [1.29, 1.82) is 0 Å². The Labute approximate surface area is 131 Å². The molecular weight excluding hydrogens is 278 g/mol. The summed E-state index contributed by atoms with van der Waals surface area (Å²) >= 11 is 0. The fourth-order valence-corrected chi connectivity index (χ4v) is 2.38. The second-order valence-electron chi connectivity index (χ2n) is 5.22. The molecule has 2 amide bonds. The summed E-state index contributed by atoms with van der Waals surface area (Å²) in [5.41, 5.74) is 1.90. The van der Waals surface area contributed by atoms with Crippen LogP contribution in [-0.4, -0.2) is 40.7 Å². The Morgan fingerprint density at radius 2 is 2.09 bits per heavy atom. The number of nitrogens with one attached hydrogen (secondary N) is 1. The van der Waals surface area contributed by atoms with Gasteiger partial charge in [0.1, 0.15) is 0 Å². The molecule has 0 unspecified atom stereocenters. The molecule has 22 heavy (non-hydrogen) atoms. The highest BCUT2D eigenvalue weighted by Gasteiger charge is 2.12. The maximum absolute atomic E-state index is 12.2. The minimum atomic E-state index is -0.143. The summed E-state index contributed by atoms with van der Waals surface area (Å²) in [4.78, 5) is 18.3. The van der Waals surface area contributed by atoms with Crippen LogP contribution in [0.5, 0.6) is 0 Å². The number of unbranched alkanes of at least 4 members (excludes halogenated alkanes) is 1. The lowest BCUT2D eigenvalue weighted by Crippen LogP contribution is -2.41. The monoisotopic (exact) mass is 301 g/mol. The van der Waals surface area contributed by atoms with Gasteiger partial charge in [-0.15, -0.1) is 0 Å². The van der Waals surface area contributed by atoms with Crippen LogP contribution in [0.25, 0.3) is 10.9 Å². The highest BCUT2D eigenvalue weighted by atomic mass is 16.3. The van der Waals surface area contributed by atoms with Crippen LogP contribution in [0.2, 0.25) is 0 Å². The number of aliphatic hydroxyl groups excluding tert-OH is 1. The average molecular weight is 301 g/mol. The molecule has 0 atom stereocenters. The summed E-state index contributed by atoms with van der Waals surface area (Å²) < 4.78 is 0. The Balaban J connectivity index is 2.02. The Morgan fingerprint density at radius 3 is 2.86 bits per heavy atom. The molecule has 2 N–H and O–H groups in total. The Bertz CT molecular complexity index is 610. The van der Waals surface area contributed by atoms with Gasteiger partial charge in [-0.3, -0.25) is 4.98 Å². The number of carbonyl (C=O) groups is 1. The molecule has 1 aromatic carbocycles. The molecule has 0 aliphatic carbocycles. The highest BCUT2D eigenvalue weighted by molar-refractivity contribution is 5.82. The highest BCUT2D eigenvalue weighted by Crippen LogP contribution is 2.15.